The van der Waals surface area contributed by atoms with E-state index in [4.69, 9.17) is 4.42 Å². The first-order chi connectivity index (χ1) is 7.15. The van der Waals surface area contributed by atoms with Gasteiger partial charge in [0, 0.05) is 10.9 Å². The average molecular weight is 269 g/mol. The molecular formula is C11H9BrO3. The summed E-state index contributed by atoms with van der Waals surface area (Å²) < 4.78 is 10.9. The van der Waals surface area contributed by atoms with Crippen LogP contribution in [0.5, 0.6) is 0 Å². The minimum Gasteiger partial charge on any atom is -0.463 e. The Morgan fingerprint density at radius 3 is 2.80 bits per heavy atom. The van der Waals surface area contributed by atoms with Gasteiger partial charge in [0.2, 0.25) is 5.76 Å². The first kappa shape index (κ1) is 10.2. The zero-order valence-corrected chi connectivity index (χ0v) is 9.92. The van der Waals surface area contributed by atoms with E-state index in [1.165, 1.54) is 7.11 Å². The number of carbonyl (C=O) groups excluding carboxylic acids is 1. The van der Waals surface area contributed by atoms with Crippen LogP contribution in [0, 0.1) is 6.92 Å². The van der Waals surface area contributed by atoms with Gasteiger partial charge in [0.15, 0.2) is 0 Å². The second-order valence-electron chi connectivity index (χ2n) is 3.16. The number of hydrogen-bond donors (Lipinski definition) is 0. The number of aryl methyl sites for hydroxylation is 1. The number of halogens is 1. The first-order valence-electron chi connectivity index (χ1n) is 4.41. The Morgan fingerprint density at radius 2 is 2.20 bits per heavy atom. The van der Waals surface area contributed by atoms with Gasteiger partial charge in [-0.05, 0) is 28.9 Å². The van der Waals surface area contributed by atoms with E-state index in [1.807, 2.05) is 25.1 Å². The van der Waals surface area contributed by atoms with Gasteiger partial charge in [-0.3, -0.25) is 0 Å². The van der Waals surface area contributed by atoms with E-state index in [0.717, 1.165) is 15.4 Å². The van der Waals surface area contributed by atoms with Crippen molar-refractivity contribution >= 4 is 32.9 Å². The molecule has 0 radical (unpaired) electrons. The molecule has 0 saturated carbocycles. The standard InChI is InChI=1S/C11H9BrO3/c1-6-7-4-3-5-8(12)10(7)15-9(6)11(13)14-2/h3-5H,1-2H3. The highest BCUT2D eigenvalue weighted by atomic mass is 79.9. The molecular weight excluding hydrogens is 260 g/mol. The lowest BCUT2D eigenvalue weighted by Crippen LogP contribution is -2.00. The van der Waals surface area contributed by atoms with Gasteiger partial charge in [0.1, 0.15) is 5.58 Å². The fourth-order valence-electron chi connectivity index (χ4n) is 1.50. The molecule has 0 aliphatic carbocycles. The predicted octanol–water partition coefficient (Wildman–Crippen LogP) is 3.29. The van der Waals surface area contributed by atoms with Crippen LogP contribution < -0.4 is 0 Å². The zero-order chi connectivity index (χ0) is 11.0. The van der Waals surface area contributed by atoms with E-state index < -0.39 is 5.97 Å². The number of esters is 1. The van der Waals surface area contributed by atoms with Crippen LogP contribution >= 0.6 is 15.9 Å². The molecule has 1 heterocycles. The van der Waals surface area contributed by atoms with Gasteiger partial charge in [0.05, 0.1) is 11.6 Å². The lowest BCUT2D eigenvalue weighted by Gasteiger charge is -1.93. The van der Waals surface area contributed by atoms with Crippen LogP contribution in [0.25, 0.3) is 11.0 Å². The molecule has 0 atom stereocenters. The van der Waals surface area contributed by atoms with Crippen molar-refractivity contribution in [2.75, 3.05) is 7.11 Å². The third kappa shape index (κ3) is 1.55. The summed E-state index contributed by atoms with van der Waals surface area (Å²) in [4.78, 5) is 11.4. The molecule has 0 N–H and O–H groups in total. The van der Waals surface area contributed by atoms with E-state index in [1.54, 1.807) is 0 Å². The minimum atomic E-state index is -0.449. The minimum absolute atomic E-state index is 0.263. The maximum atomic E-state index is 11.4. The fraction of sp³-hybridized carbons (Fsp3) is 0.182. The van der Waals surface area contributed by atoms with Crippen molar-refractivity contribution in [1.29, 1.82) is 0 Å². The Kier molecular flexibility index (Phi) is 2.52. The highest BCUT2D eigenvalue weighted by Gasteiger charge is 2.18. The number of rotatable bonds is 1. The Labute approximate surface area is 95.1 Å². The van der Waals surface area contributed by atoms with E-state index in [0.29, 0.717) is 5.58 Å². The lowest BCUT2D eigenvalue weighted by molar-refractivity contribution is 0.0566. The van der Waals surface area contributed by atoms with Crippen molar-refractivity contribution in [3.63, 3.8) is 0 Å². The molecule has 0 bridgehead atoms. The highest BCUT2D eigenvalue weighted by Crippen LogP contribution is 2.31. The van der Waals surface area contributed by atoms with Crippen LogP contribution in [0.2, 0.25) is 0 Å². The van der Waals surface area contributed by atoms with Crippen molar-refractivity contribution < 1.29 is 13.9 Å². The number of methoxy groups -OCH3 is 1. The number of para-hydroxylation sites is 1. The second kappa shape index (κ2) is 3.70. The quantitative estimate of drug-likeness (QED) is 0.746. The van der Waals surface area contributed by atoms with Gasteiger partial charge >= 0.3 is 5.97 Å². The molecule has 0 fully saturated rings. The van der Waals surface area contributed by atoms with Crippen LogP contribution in [0.15, 0.2) is 27.1 Å². The Hall–Kier alpha value is -1.29. The second-order valence-corrected chi connectivity index (χ2v) is 4.02. The molecule has 2 rings (SSSR count). The number of ether oxygens (including phenoxy) is 1. The molecule has 0 spiro atoms. The molecule has 78 valence electrons. The largest absolute Gasteiger partial charge is 0.463 e. The number of hydrogen-bond acceptors (Lipinski definition) is 3. The maximum absolute atomic E-state index is 11.4. The third-order valence-corrected chi connectivity index (χ3v) is 2.91. The van der Waals surface area contributed by atoms with Crippen molar-refractivity contribution in [3.8, 4) is 0 Å². The maximum Gasteiger partial charge on any atom is 0.374 e. The summed E-state index contributed by atoms with van der Waals surface area (Å²) in [7, 11) is 1.34. The lowest BCUT2D eigenvalue weighted by atomic mass is 10.1. The van der Waals surface area contributed by atoms with Crippen LogP contribution in [0.4, 0.5) is 0 Å². The van der Waals surface area contributed by atoms with Gasteiger partial charge in [-0.15, -0.1) is 0 Å². The topological polar surface area (TPSA) is 39.4 Å². The molecule has 4 heteroatoms. The molecule has 0 aliphatic heterocycles. The normalized spacial score (nSPS) is 10.6. The molecule has 0 aliphatic rings. The van der Waals surface area contributed by atoms with Gasteiger partial charge in [-0.1, -0.05) is 12.1 Å². The van der Waals surface area contributed by atoms with Crippen LogP contribution in [0.3, 0.4) is 0 Å². The molecule has 2 aromatic rings. The molecule has 3 nitrogen and oxygen atoms in total. The average Bonchev–Trinajstić information content (AvgIpc) is 2.57. The Balaban J connectivity index is 2.75. The summed E-state index contributed by atoms with van der Waals surface area (Å²) in [6, 6.07) is 5.67. The van der Waals surface area contributed by atoms with Crippen molar-refractivity contribution in [1.82, 2.24) is 0 Å². The molecule has 15 heavy (non-hydrogen) atoms. The zero-order valence-electron chi connectivity index (χ0n) is 8.33. The van der Waals surface area contributed by atoms with Crippen molar-refractivity contribution in [3.05, 3.63) is 34.0 Å². The molecule has 0 unspecified atom stereocenters. The summed E-state index contributed by atoms with van der Waals surface area (Å²) in [5, 5.41) is 0.921. The molecule has 0 saturated heterocycles. The van der Waals surface area contributed by atoms with Crippen LogP contribution in [-0.2, 0) is 4.74 Å². The van der Waals surface area contributed by atoms with Crippen molar-refractivity contribution in [2.24, 2.45) is 0 Å². The third-order valence-electron chi connectivity index (χ3n) is 2.29. The summed E-state index contributed by atoms with van der Waals surface area (Å²) in [6.07, 6.45) is 0. The van der Waals surface area contributed by atoms with Gasteiger partial charge in [0.25, 0.3) is 0 Å². The predicted molar refractivity (Wildman–Crippen MR) is 60.0 cm³/mol. The van der Waals surface area contributed by atoms with E-state index >= 15 is 0 Å². The Morgan fingerprint density at radius 1 is 1.47 bits per heavy atom. The van der Waals surface area contributed by atoms with E-state index in [2.05, 4.69) is 20.7 Å². The van der Waals surface area contributed by atoms with Gasteiger partial charge < -0.3 is 9.15 Å². The summed E-state index contributed by atoms with van der Waals surface area (Å²) in [5.74, 6) is -0.185. The fourth-order valence-corrected chi connectivity index (χ4v) is 1.94. The highest BCUT2D eigenvalue weighted by molar-refractivity contribution is 9.10. The number of furan rings is 1. The Bertz CT molecular complexity index is 528. The number of fused-ring (bicyclic) bond motifs is 1. The van der Waals surface area contributed by atoms with Gasteiger partial charge in [-0.2, -0.15) is 0 Å². The number of carbonyl (C=O) groups is 1. The van der Waals surface area contributed by atoms with E-state index in [9.17, 15) is 4.79 Å². The smallest absolute Gasteiger partial charge is 0.374 e. The monoisotopic (exact) mass is 268 g/mol. The summed E-state index contributed by atoms with van der Waals surface area (Å²) >= 11 is 3.37. The molecule has 1 aromatic heterocycles. The number of benzene rings is 1. The van der Waals surface area contributed by atoms with Crippen LogP contribution in [0.1, 0.15) is 16.1 Å². The molecule has 1 aromatic carbocycles. The van der Waals surface area contributed by atoms with Crippen molar-refractivity contribution in [2.45, 2.75) is 6.92 Å². The van der Waals surface area contributed by atoms with E-state index in [-0.39, 0.29) is 5.76 Å². The summed E-state index contributed by atoms with van der Waals surface area (Å²) in [6.45, 7) is 1.84. The summed E-state index contributed by atoms with van der Waals surface area (Å²) in [5.41, 5.74) is 1.48. The van der Waals surface area contributed by atoms with Gasteiger partial charge in [-0.25, -0.2) is 4.79 Å². The molecule has 0 amide bonds. The first-order valence-corrected chi connectivity index (χ1v) is 5.20. The SMILES string of the molecule is COC(=O)c1oc2c(Br)cccc2c1C. The van der Waals surface area contributed by atoms with Crippen LogP contribution in [-0.4, -0.2) is 13.1 Å².